The first-order valence-corrected chi connectivity index (χ1v) is 5.89. The molecule has 0 fully saturated rings. The summed E-state index contributed by atoms with van der Waals surface area (Å²) in [6, 6.07) is 13.8. The zero-order valence-electron chi connectivity index (χ0n) is 10.3. The molecule has 0 amide bonds. The number of guanidine groups is 1. The summed E-state index contributed by atoms with van der Waals surface area (Å²) in [7, 11) is 0. The fourth-order valence-electron chi connectivity index (χ4n) is 1.64. The fraction of sp³-hybridized carbons (Fsp3) is 0.214. The maximum atomic E-state index is 5.83. The molecule has 1 aromatic carbocycles. The molecule has 0 aliphatic heterocycles. The molecule has 4 heteroatoms. The average molecular weight is 243 g/mol. The van der Waals surface area contributed by atoms with Crippen molar-refractivity contribution in [1.29, 1.82) is 0 Å². The van der Waals surface area contributed by atoms with Gasteiger partial charge in [0.2, 0.25) is 0 Å². The lowest BCUT2D eigenvalue weighted by molar-refractivity contribution is 0.462. The van der Waals surface area contributed by atoms with Gasteiger partial charge in [-0.1, -0.05) is 30.3 Å². The molecule has 3 N–H and O–H groups in total. The number of rotatable bonds is 4. The van der Waals surface area contributed by atoms with Crippen molar-refractivity contribution in [3.05, 3.63) is 60.1 Å². The van der Waals surface area contributed by atoms with E-state index in [9.17, 15) is 0 Å². The monoisotopic (exact) mass is 243 g/mol. The number of hydrogen-bond acceptors (Lipinski definition) is 2. The molecule has 4 nitrogen and oxygen atoms in total. The second-order valence-corrected chi connectivity index (χ2v) is 4.07. The first-order valence-electron chi connectivity index (χ1n) is 5.89. The lowest BCUT2D eigenvalue weighted by atomic mass is 10.2. The average Bonchev–Trinajstić information content (AvgIpc) is 2.91. The van der Waals surface area contributed by atoms with Crippen LogP contribution in [-0.4, -0.2) is 5.96 Å². The minimum absolute atomic E-state index is 0.0134. The largest absolute Gasteiger partial charge is 0.467 e. The summed E-state index contributed by atoms with van der Waals surface area (Å²) in [5.41, 5.74) is 6.96. The minimum atomic E-state index is 0.0134. The highest BCUT2D eigenvalue weighted by atomic mass is 16.3. The van der Waals surface area contributed by atoms with E-state index in [1.807, 2.05) is 49.4 Å². The first kappa shape index (κ1) is 12.2. The SMILES string of the molecule is C[C@@H](NC(N)=NCc1ccccc1)c1ccco1. The third kappa shape index (κ3) is 3.38. The van der Waals surface area contributed by atoms with E-state index in [0.29, 0.717) is 12.5 Å². The van der Waals surface area contributed by atoms with E-state index in [1.54, 1.807) is 6.26 Å². The maximum Gasteiger partial charge on any atom is 0.189 e. The van der Waals surface area contributed by atoms with Crippen molar-refractivity contribution in [1.82, 2.24) is 5.32 Å². The Balaban J connectivity index is 1.90. The Bertz CT molecular complexity index is 491. The van der Waals surface area contributed by atoms with Gasteiger partial charge in [-0.05, 0) is 24.6 Å². The van der Waals surface area contributed by atoms with Crippen LogP contribution in [0.1, 0.15) is 24.3 Å². The molecule has 1 heterocycles. The van der Waals surface area contributed by atoms with Crippen LogP contribution in [0.5, 0.6) is 0 Å². The van der Waals surface area contributed by atoms with E-state index in [0.717, 1.165) is 11.3 Å². The maximum absolute atomic E-state index is 5.83. The van der Waals surface area contributed by atoms with E-state index in [-0.39, 0.29) is 6.04 Å². The van der Waals surface area contributed by atoms with Gasteiger partial charge in [0.1, 0.15) is 5.76 Å². The summed E-state index contributed by atoms with van der Waals surface area (Å²) in [5.74, 6) is 1.26. The van der Waals surface area contributed by atoms with Gasteiger partial charge >= 0.3 is 0 Å². The van der Waals surface area contributed by atoms with Crippen LogP contribution < -0.4 is 11.1 Å². The summed E-state index contributed by atoms with van der Waals surface area (Å²) in [5, 5.41) is 3.09. The van der Waals surface area contributed by atoms with Gasteiger partial charge in [0.15, 0.2) is 5.96 Å². The van der Waals surface area contributed by atoms with E-state index in [4.69, 9.17) is 10.2 Å². The number of benzene rings is 1. The van der Waals surface area contributed by atoms with E-state index in [1.165, 1.54) is 0 Å². The van der Waals surface area contributed by atoms with Gasteiger partial charge in [-0.25, -0.2) is 4.99 Å². The summed E-state index contributed by atoms with van der Waals surface area (Å²) in [6.07, 6.45) is 1.64. The number of hydrogen-bond donors (Lipinski definition) is 2. The van der Waals surface area contributed by atoms with Gasteiger partial charge < -0.3 is 15.5 Å². The van der Waals surface area contributed by atoms with Crippen LogP contribution in [0.15, 0.2) is 58.1 Å². The predicted molar refractivity (Wildman–Crippen MR) is 72.0 cm³/mol. The quantitative estimate of drug-likeness (QED) is 0.640. The van der Waals surface area contributed by atoms with Gasteiger partial charge in [-0.2, -0.15) is 0 Å². The molecule has 1 atom stereocenters. The van der Waals surface area contributed by atoms with Crippen LogP contribution in [0, 0.1) is 0 Å². The molecule has 94 valence electrons. The topological polar surface area (TPSA) is 63.5 Å². The van der Waals surface area contributed by atoms with Crippen molar-refractivity contribution in [3.63, 3.8) is 0 Å². The second kappa shape index (κ2) is 5.91. The van der Waals surface area contributed by atoms with Gasteiger partial charge in [-0.3, -0.25) is 0 Å². The van der Waals surface area contributed by atoms with Gasteiger partial charge in [0.05, 0.1) is 18.8 Å². The number of aliphatic imine (C=N–C) groups is 1. The summed E-state index contributed by atoms with van der Waals surface area (Å²) in [6.45, 7) is 2.55. The molecule has 18 heavy (non-hydrogen) atoms. The number of furan rings is 1. The standard InChI is InChI=1S/C14H17N3O/c1-11(13-8-5-9-18-13)17-14(15)16-10-12-6-3-2-4-7-12/h2-9,11H,10H2,1H3,(H3,15,16,17)/t11-/m1/s1. The highest BCUT2D eigenvalue weighted by Gasteiger charge is 2.07. The zero-order valence-corrected chi connectivity index (χ0v) is 10.3. The van der Waals surface area contributed by atoms with Gasteiger partial charge in [0.25, 0.3) is 0 Å². The Labute approximate surface area is 107 Å². The first-order chi connectivity index (χ1) is 8.75. The molecule has 0 spiro atoms. The Kier molecular flexibility index (Phi) is 4.02. The van der Waals surface area contributed by atoms with Crippen molar-refractivity contribution in [2.45, 2.75) is 19.5 Å². The van der Waals surface area contributed by atoms with Crippen LogP contribution in [-0.2, 0) is 6.54 Å². The number of nitrogens with one attached hydrogen (secondary N) is 1. The second-order valence-electron chi connectivity index (χ2n) is 4.07. The van der Waals surface area contributed by atoms with Gasteiger partial charge in [-0.15, -0.1) is 0 Å². The Morgan fingerprint density at radius 2 is 2.06 bits per heavy atom. The van der Waals surface area contributed by atoms with Crippen LogP contribution in [0.2, 0.25) is 0 Å². The molecule has 1 aromatic heterocycles. The molecule has 0 aliphatic carbocycles. The van der Waals surface area contributed by atoms with E-state index in [2.05, 4.69) is 10.3 Å². The van der Waals surface area contributed by atoms with Gasteiger partial charge in [0, 0.05) is 0 Å². The van der Waals surface area contributed by atoms with Crippen molar-refractivity contribution in [3.8, 4) is 0 Å². The van der Waals surface area contributed by atoms with Crippen LogP contribution in [0.4, 0.5) is 0 Å². The minimum Gasteiger partial charge on any atom is -0.467 e. The van der Waals surface area contributed by atoms with Crippen LogP contribution in [0.3, 0.4) is 0 Å². The molecular formula is C14H17N3O. The lowest BCUT2D eigenvalue weighted by Gasteiger charge is -2.11. The molecule has 2 rings (SSSR count). The molecule has 0 saturated carbocycles. The van der Waals surface area contributed by atoms with Crippen LogP contribution in [0.25, 0.3) is 0 Å². The molecule has 0 unspecified atom stereocenters. The predicted octanol–water partition coefficient (Wildman–Crippen LogP) is 2.45. The van der Waals surface area contributed by atoms with E-state index < -0.39 is 0 Å². The Hall–Kier alpha value is -2.23. The van der Waals surface area contributed by atoms with Crippen molar-refractivity contribution >= 4 is 5.96 Å². The normalized spacial score (nSPS) is 13.3. The molecule has 0 radical (unpaired) electrons. The third-order valence-electron chi connectivity index (χ3n) is 2.61. The molecule has 0 bridgehead atoms. The highest BCUT2D eigenvalue weighted by Crippen LogP contribution is 2.11. The smallest absolute Gasteiger partial charge is 0.189 e. The Morgan fingerprint density at radius 1 is 1.28 bits per heavy atom. The van der Waals surface area contributed by atoms with Crippen LogP contribution >= 0.6 is 0 Å². The van der Waals surface area contributed by atoms with Crippen molar-refractivity contribution < 1.29 is 4.42 Å². The fourth-order valence-corrected chi connectivity index (χ4v) is 1.64. The summed E-state index contributed by atoms with van der Waals surface area (Å²) in [4.78, 5) is 4.29. The lowest BCUT2D eigenvalue weighted by Crippen LogP contribution is -2.33. The third-order valence-corrected chi connectivity index (χ3v) is 2.61. The highest BCUT2D eigenvalue weighted by molar-refractivity contribution is 5.78. The Morgan fingerprint density at radius 3 is 2.72 bits per heavy atom. The number of nitrogens with zero attached hydrogens (tertiary/aromatic N) is 1. The van der Waals surface area contributed by atoms with Crippen molar-refractivity contribution in [2.75, 3.05) is 0 Å². The zero-order chi connectivity index (χ0) is 12.8. The van der Waals surface area contributed by atoms with E-state index >= 15 is 0 Å². The van der Waals surface area contributed by atoms with Crippen molar-refractivity contribution in [2.24, 2.45) is 10.7 Å². The number of nitrogens with two attached hydrogens (primary N) is 1. The molecule has 2 aromatic rings. The molecular weight excluding hydrogens is 226 g/mol. The summed E-state index contributed by atoms with van der Waals surface area (Å²) < 4.78 is 5.29. The molecule has 0 saturated heterocycles. The molecule has 0 aliphatic rings. The summed E-state index contributed by atoms with van der Waals surface area (Å²) >= 11 is 0.